The number of hydrogen-bond donors (Lipinski definition) is 1. The molecule has 1 amide bonds. The van der Waals surface area contributed by atoms with Gasteiger partial charge in [-0.15, -0.1) is 11.8 Å². The summed E-state index contributed by atoms with van der Waals surface area (Å²) in [7, 11) is 1.88. The highest BCUT2D eigenvalue weighted by Gasteiger charge is 2.16. The number of thioether (sulfide) groups is 1. The molecule has 2 rings (SSSR count). The molecule has 1 fully saturated rings. The molecule has 5 heteroatoms. The van der Waals surface area contributed by atoms with Crippen LogP contribution in [0.15, 0.2) is 24.4 Å². The quantitative estimate of drug-likeness (QED) is 0.865. The van der Waals surface area contributed by atoms with Crippen LogP contribution < -0.4 is 5.32 Å². The SMILES string of the molecule is CN(CCc1ccccn1)C(=O)CSC1CCNCC1. The molecule has 0 bridgehead atoms. The fraction of sp³-hybridized carbons (Fsp3) is 0.600. The number of rotatable bonds is 6. The number of carbonyl (C=O) groups excluding carboxylic acids is 1. The van der Waals surface area contributed by atoms with Crippen LogP contribution in [0.25, 0.3) is 0 Å². The number of hydrogen-bond acceptors (Lipinski definition) is 4. The van der Waals surface area contributed by atoms with Crippen LogP contribution in [-0.4, -0.2) is 53.5 Å². The van der Waals surface area contributed by atoms with Gasteiger partial charge < -0.3 is 10.2 Å². The Labute approximate surface area is 125 Å². The van der Waals surface area contributed by atoms with E-state index in [2.05, 4.69) is 10.3 Å². The maximum absolute atomic E-state index is 12.1. The van der Waals surface area contributed by atoms with Crippen molar-refractivity contribution in [2.45, 2.75) is 24.5 Å². The maximum Gasteiger partial charge on any atom is 0.232 e. The molecule has 0 saturated carbocycles. The molecule has 20 heavy (non-hydrogen) atoms. The fourth-order valence-electron chi connectivity index (χ4n) is 2.21. The van der Waals surface area contributed by atoms with Gasteiger partial charge in [-0.05, 0) is 38.1 Å². The normalized spacial score (nSPS) is 16.1. The lowest BCUT2D eigenvalue weighted by atomic mass is 10.2. The molecule has 0 spiro atoms. The molecule has 0 atom stereocenters. The summed E-state index contributed by atoms with van der Waals surface area (Å²) >= 11 is 1.81. The first-order chi connectivity index (χ1) is 9.75. The Morgan fingerprint density at radius 1 is 1.45 bits per heavy atom. The van der Waals surface area contributed by atoms with E-state index in [1.54, 1.807) is 6.20 Å². The lowest BCUT2D eigenvalue weighted by Gasteiger charge is -2.23. The zero-order valence-corrected chi connectivity index (χ0v) is 12.9. The number of piperidine rings is 1. The number of likely N-dealkylation sites (N-methyl/N-ethyl adjacent to an activating group) is 1. The zero-order chi connectivity index (χ0) is 14.2. The van der Waals surface area contributed by atoms with Crippen LogP contribution in [0.1, 0.15) is 18.5 Å². The van der Waals surface area contributed by atoms with E-state index in [1.807, 2.05) is 41.9 Å². The number of nitrogens with zero attached hydrogens (tertiary/aromatic N) is 2. The highest BCUT2D eigenvalue weighted by Crippen LogP contribution is 2.20. The van der Waals surface area contributed by atoms with Crippen LogP contribution in [0, 0.1) is 0 Å². The van der Waals surface area contributed by atoms with Gasteiger partial charge in [-0.3, -0.25) is 9.78 Å². The minimum atomic E-state index is 0.226. The van der Waals surface area contributed by atoms with Gasteiger partial charge in [-0.1, -0.05) is 6.07 Å². The Hall–Kier alpha value is -1.07. The maximum atomic E-state index is 12.1. The molecular weight excluding hydrogens is 270 g/mol. The molecule has 0 radical (unpaired) electrons. The van der Waals surface area contributed by atoms with Gasteiger partial charge in [0, 0.05) is 37.2 Å². The molecule has 0 aromatic carbocycles. The van der Waals surface area contributed by atoms with E-state index >= 15 is 0 Å². The van der Waals surface area contributed by atoms with Gasteiger partial charge in [0.1, 0.15) is 0 Å². The first-order valence-electron chi connectivity index (χ1n) is 7.22. The van der Waals surface area contributed by atoms with Crippen LogP contribution >= 0.6 is 11.8 Å². The standard InChI is InChI=1S/C15H23N3OS/c1-18(11-7-13-4-2-3-8-17-13)15(19)12-20-14-5-9-16-10-6-14/h2-4,8,14,16H,5-7,9-12H2,1H3. The second-order valence-corrected chi connectivity index (χ2v) is 6.44. The summed E-state index contributed by atoms with van der Waals surface area (Å²) in [6.45, 7) is 2.91. The highest BCUT2D eigenvalue weighted by atomic mass is 32.2. The molecule has 1 aliphatic rings. The topological polar surface area (TPSA) is 45.2 Å². The Morgan fingerprint density at radius 3 is 2.95 bits per heavy atom. The summed E-state index contributed by atoms with van der Waals surface area (Å²) in [6.07, 6.45) is 4.97. The predicted molar refractivity (Wildman–Crippen MR) is 83.9 cm³/mol. The van der Waals surface area contributed by atoms with E-state index in [0.717, 1.165) is 31.7 Å². The van der Waals surface area contributed by atoms with Crippen LogP contribution in [0.3, 0.4) is 0 Å². The summed E-state index contributed by atoms with van der Waals surface area (Å²) in [4.78, 5) is 18.2. The lowest BCUT2D eigenvalue weighted by molar-refractivity contribution is -0.127. The third kappa shape index (κ3) is 5.13. The van der Waals surface area contributed by atoms with Crippen LogP contribution in [0.2, 0.25) is 0 Å². The summed E-state index contributed by atoms with van der Waals surface area (Å²) in [6, 6.07) is 5.90. The molecule has 1 saturated heterocycles. The molecule has 1 aliphatic heterocycles. The average Bonchev–Trinajstić information content (AvgIpc) is 2.52. The number of nitrogens with one attached hydrogen (secondary N) is 1. The van der Waals surface area contributed by atoms with Crippen molar-refractivity contribution in [3.63, 3.8) is 0 Å². The Kier molecular flexibility index (Phi) is 6.33. The molecule has 1 N–H and O–H groups in total. The molecular formula is C15H23N3OS. The molecule has 1 aromatic heterocycles. The second kappa shape index (κ2) is 8.27. The minimum Gasteiger partial charge on any atom is -0.345 e. The van der Waals surface area contributed by atoms with Crippen molar-refractivity contribution in [3.05, 3.63) is 30.1 Å². The first kappa shape index (κ1) is 15.3. The number of carbonyl (C=O) groups is 1. The van der Waals surface area contributed by atoms with Crippen LogP contribution in [-0.2, 0) is 11.2 Å². The van der Waals surface area contributed by atoms with Crippen molar-refractivity contribution in [1.82, 2.24) is 15.2 Å². The Balaban J connectivity index is 1.66. The zero-order valence-electron chi connectivity index (χ0n) is 12.0. The van der Waals surface area contributed by atoms with Crippen molar-refractivity contribution in [2.24, 2.45) is 0 Å². The summed E-state index contributed by atoms with van der Waals surface area (Å²) in [5, 5.41) is 3.99. The largest absolute Gasteiger partial charge is 0.345 e. The molecule has 4 nitrogen and oxygen atoms in total. The van der Waals surface area contributed by atoms with Gasteiger partial charge in [0.25, 0.3) is 0 Å². The number of amides is 1. The average molecular weight is 293 g/mol. The van der Waals surface area contributed by atoms with E-state index in [1.165, 1.54) is 12.8 Å². The fourth-order valence-corrected chi connectivity index (χ4v) is 3.38. The van der Waals surface area contributed by atoms with E-state index in [9.17, 15) is 4.79 Å². The van der Waals surface area contributed by atoms with E-state index in [4.69, 9.17) is 0 Å². The van der Waals surface area contributed by atoms with E-state index in [-0.39, 0.29) is 5.91 Å². The molecule has 0 unspecified atom stereocenters. The van der Waals surface area contributed by atoms with Crippen molar-refractivity contribution < 1.29 is 4.79 Å². The highest BCUT2D eigenvalue weighted by molar-refractivity contribution is 8.00. The van der Waals surface area contributed by atoms with Crippen molar-refractivity contribution >= 4 is 17.7 Å². The van der Waals surface area contributed by atoms with Gasteiger partial charge in [-0.25, -0.2) is 0 Å². The van der Waals surface area contributed by atoms with E-state index in [0.29, 0.717) is 11.0 Å². The third-order valence-corrected chi connectivity index (χ3v) is 4.94. The molecule has 1 aromatic rings. The molecule has 110 valence electrons. The van der Waals surface area contributed by atoms with Crippen molar-refractivity contribution in [2.75, 3.05) is 32.4 Å². The predicted octanol–water partition coefficient (Wildman–Crippen LogP) is 1.57. The summed E-state index contributed by atoms with van der Waals surface area (Å²) in [5.74, 6) is 0.827. The van der Waals surface area contributed by atoms with Crippen LogP contribution in [0.5, 0.6) is 0 Å². The van der Waals surface area contributed by atoms with Crippen molar-refractivity contribution in [1.29, 1.82) is 0 Å². The van der Waals surface area contributed by atoms with Gasteiger partial charge in [0.15, 0.2) is 0 Å². The smallest absolute Gasteiger partial charge is 0.232 e. The summed E-state index contributed by atoms with van der Waals surface area (Å²) in [5.41, 5.74) is 1.04. The molecule has 2 heterocycles. The Bertz CT molecular complexity index is 407. The first-order valence-corrected chi connectivity index (χ1v) is 8.27. The lowest BCUT2D eigenvalue weighted by Crippen LogP contribution is -2.33. The minimum absolute atomic E-state index is 0.226. The third-order valence-electron chi connectivity index (χ3n) is 3.58. The monoisotopic (exact) mass is 293 g/mol. The van der Waals surface area contributed by atoms with Crippen molar-refractivity contribution in [3.8, 4) is 0 Å². The molecule has 0 aliphatic carbocycles. The number of aromatic nitrogens is 1. The van der Waals surface area contributed by atoms with Gasteiger partial charge in [-0.2, -0.15) is 0 Å². The number of pyridine rings is 1. The van der Waals surface area contributed by atoms with Gasteiger partial charge in [0.2, 0.25) is 5.91 Å². The summed E-state index contributed by atoms with van der Waals surface area (Å²) < 4.78 is 0. The Morgan fingerprint density at radius 2 is 2.25 bits per heavy atom. The second-order valence-electron chi connectivity index (χ2n) is 5.15. The van der Waals surface area contributed by atoms with Crippen LogP contribution in [0.4, 0.5) is 0 Å². The van der Waals surface area contributed by atoms with E-state index < -0.39 is 0 Å². The van der Waals surface area contributed by atoms with Gasteiger partial charge in [0.05, 0.1) is 5.75 Å². The van der Waals surface area contributed by atoms with Gasteiger partial charge >= 0.3 is 0 Å².